The Hall–Kier alpha value is -1.31. The average molecular weight is 309 g/mol. The first-order chi connectivity index (χ1) is 9.60. The molecule has 0 aliphatic heterocycles. The highest BCUT2D eigenvalue weighted by Crippen LogP contribution is 2.25. The van der Waals surface area contributed by atoms with Crippen LogP contribution in [0.1, 0.15) is 37.5 Å². The van der Waals surface area contributed by atoms with Gasteiger partial charge in [-0.3, -0.25) is 4.79 Å². The molecule has 2 rings (SSSR count). The summed E-state index contributed by atoms with van der Waals surface area (Å²) in [7, 11) is 0. The molecule has 1 saturated carbocycles. The van der Waals surface area contributed by atoms with Crippen molar-refractivity contribution in [3.05, 3.63) is 26.9 Å². The van der Waals surface area contributed by atoms with Crippen LogP contribution < -0.4 is 5.32 Å². The van der Waals surface area contributed by atoms with Crippen LogP contribution >= 0.6 is 22.9 Å². The molecule has 0 bridgehead atoms. The minimum atomic E-state index is -0.282. The third kappa shape index (κ3) is 3.84. The SMILES string of the molecule is CC1CCCCC1NC(=O)/C(C#N)=C/c1ccc(Cl)s1. The lowest BCUT2D eigenvalue weighted by Crippen LogP contribution is -2.41. The largest absolute Gasteiger partial charge is 0.348 e. The first-order valence-electron chi connectivity index (χ1n) is 6.78. The molecule has 20 heavy (non-hydrogen) atoms. The molecule has 2 atom stereocenters. The van der Waals surface area contributed by atoms with Gasteiger partial charge in [-0.2, -0.15) is 5.26 Å². The number of carbonyl (C=O) groups is 1. The van der Waals surface area contributed by atoms with Gasteiger partial charge in [-0.05, 0) is 37.0 Å². The normalized spacial score (nSPS) is 23.1. The van der Waals surface area contributed by atoms with Crippen molar-refractivity contribution in [1.82, 2.24) is 5.32 Å². The summed E-state index contributed by atoms with van der Waals surface area (Å²) in [5.74, 6) is 0.194. The van der Waals surface area contributed by atoms with E-state index in [9.17, 15) is 4.79 Å². The van der Waals surface area contributed by atoms with Gasteiger partial charge >= 0.3 is 0 Å². The zero-order chi connectivity index (χ0) is 14.5. The predicted molar refractivity (Wildman–Crippen MR) is 82.5 cm³/mol. The molecule has 1 heterocycles. The summed E-state index contributed by atoms with van der Waals surface area (Å²) in [4.78, 5) is 13.0. The van der Waals surface area contributed by atoms with Crippen molar-refractivity contribution < 1.29 is 4.79 Å². The van der Waals surface area contributed by atoms with E-state index >= 15 is 0 Å². The molecule has 1 aromatic rings. The Balaban J connectivity index is 2.06. The van der Waals surface area contributed by atoms with Gasteiger partial charge in [0, 0.05) is 10.9 Å². The lowest BCUT2D eigenvalue weighted by atomic mass is 9.86. The average Bonchev–Trinajstić information content (AvgIpc) is 2.84. The second kappa shape index (κ2) is 6.92. The van der Waals surface area contributed by atoms with E-state index in [1.807, 2.05) is 6.07 Å². The van der Waals surface area contributed by atoms with Crippen LogP contribution in [0.5, 0.6) is 0 Å². The van der Waals surface area contributed by atoms with Crippen LogP contribution in [0.15, 0.2) is 17.7 Å². The molecule has 0 radical (unpaired) electrons. The summed E-state index contributed by atoms with van der Waals surface area (Å²) >= 11 is 7.20. The molecular weight excluding hydrogens is 292 g/mol. The molecule has 106 valence electrons. The summed E-state index contributed by atoms with van der Waals surface area (Å²) in [6.45, 7) is 2.15. The number of nitriles is 1. The van der Waals surface area contributed by atoms with E-state index in [1.165, 1.54) is 17.8 Å². The quantitative estimate of drug-likeness (QED) is 0.677. The number of nitrogens with zero attached hydrogens (tertiary/aromatic N) is 1. The molecule has 1 fully saturated rings. The Morgan fingerprint density at radius 2 is 2.25 bits per heavy atom. The first kappa shape index (κ1) is 15.1. The third-order valence-corrected chi connectivity index (χ3v) is 4.85. The van der Waals surface area contributed by atoms with E-state index in [0.717, 1.165) is 24.1 Å². The van der Waals surface area contributed by atoms with Gasteiger partial charge in [0.05, 0.1) is 4.34 Å². The van der Waals surface area contributed by atoms with Gasteiger partial charge in [0.1, 0.15) is 11.6 Å². The number of hydrogen-bond donors (Lipinski definition) is 1. The topological polar surface area (TPSA) is 52.9 Å². The van der Waals surface area contributed by atoms with E-state index in [-0.39, 0.29) is 17.5 Å². The fourth-order valence-electron chi connectivity index (χ4n) is 2.47. The van der Waals surface area contributed by atoms with Gasteiger partial charge in [-0.25, -0.2) is 0 Å². The van der Waals surface area contributed by atoms with Crippen LogP contribution in [-0.4, -0.2) is 11.9 Å². The highest BCUT2D eigenvalue weighted by molar-refractivity contribution is 7.17. The fraction of sp³-hybridized carbons (Fsp3) is 0.467. The molecule has 0 aromatic carbocycles. The Bertz CT molecular complexity index is 558. The summed E-state index contributed by atoms with van der Waals surface area (Å²) < 4.78 is 0.648. The van der Waals surface area contributed by atoms with Crippen molar-refractivity contribution in [1.29, 1.82) is 5.26 Å². The second-order valence-corrected chi connectivity index (χ2v) is 6.90. The smallest absolute Gasteiger partial charge is 0.262 e. The number of thiophene rings is 1. The standard InChI is InChI=1S/C15H17ClN2OS/c1-10-4-2-3-5-13(10)18-15(19)11(9-17)8-12-6-7-14(16)20-12/h6-8,10,13H,2-5H2,1H3,(H,18,19)/b11-8+. The first-order valence-corrected chi connectivity index (χ1v) is 7.97. The van der Waals surface area contributed by atoms with Crippen LogP contribution in [-0.2, 0) is 4.79 Å². The van der Waals surface area contributed by atoms with Crippen molar-refractivity contribution in [3.63, 3.8) is 0 Å². The van der Waals surface area contributed by atoms with Crippen LogP contribution in [0.25, 0.3) is 6.08 Å². The van der Waals surface area contributed by atoms with Crippen LogP contribution in [0.4, 0.5) is 0 Å². The fourth-order valence-corrected chi connectivity index (χ4v) is 3.48. The molecule has 1 amide bonds. The summed E-state index contributed by atoms with van der Waals surface area (Å²) in [6, 6.07) is 5.72. The summed E-state index contributed by atoms with van der Waals surface area (Å²) in [6.07, 6.45) is 6.09. The number of amides is 1. The van der Waals surface area contributed by atoms with E-state index in [0.29, 0.717) is 10.3 Å². The molecule has 1 N–H and O–H groups in total. The van der Waals surface area contributed by atoms with Crippen LogP contribution in [0, 0.1) is 17.2 Å². The van der Waals surface area contributed by atoms with Crippen LogP contribution in [0.3, 0.4) is 0 Å². The zero-order valence-electron chi connectivity index (χ0n) is 11.4. The van der Waals surface area contributed by atoms with E-state index < -0.39 is 0 Å². The van der Waals surface area contributed by atoms with Gasteiger partial charge in [0.15, 0.2) is 0 Å². The minimum Gasteiger partial charge on any atom is -0.348 e. The number of carbonyl (C=O) groups excluding carboxylic acids is 1. The maximum Gasteiger partial charge on any atom is 0.262 e. The molecule has 1 aromatic heterocycles. The zero-order valence-corrected chi connectivity index (χ0v) is 12.9. The molecule has 0 spiro atoms. The Kier molecular flexibility index (Phi) is 5.22. The van der Waals surface area contributed by atoms with E-state index in [2.05, 4.69) is 12.2 Å². The van der Waals surface area contributed by atoms with Crippen LogP contribution in [0.2, 0.25) is 4.34 Å². The van der Waals surface area contributed by atoms with Gasteiger partial charge in [0.25, 0.3) is 5.91 Å². The molecule has 3 nitrogen and oxygen atoms in total. The van der Waals surface area contributed by atoms with Crippen molar-refractivity contribution >= 4 is 34.9 Å². The number of hydrogen-bond acceptors (Lipinski definition) is 3. The van der Waals surface area contributed by atoms with Gasteiger partial charge < -0.3 is 5.32 Å². The van der Waals surface area contributed by atoms with Crippen molar-refractivity contribution in [3.8, 4) is 6.07 Å². The van der Waals surface area contributed by atoms with Crippen molar-refractivity contribution in [2.24, 2.45) is 5.92 Å². The highest BCUT2D eigenvalue weighted by Gasteiger charge is 2.24. The molecule has 5 heteroatoms. The van der Waals surface area contributed by atoms with Gasteiger partial charge in [0.2, 0.25) is 0 Å². The minimum absolute atomic E-state index is 0.140. The summed E-state index contributed by atoms with van der Waals surface area (Å²) in [5.41, 5.74) is 0.140. The van der Waals surface area contributed by atoms with E-state index in [4.69, 9.17) is 16.9 Å². The molecule has 1 aliphatic rings. The molecule has 2 unspecified atom stereocenters. The Morgan fingerprint density at radius 1 is 1.50 bits per heavy atom. The van der Waals surface area contributed by atoms with Gasteiger partial charge in [-0.15, -0.1) is 11.3 Å². The number of halogens is 1. The van der Waals surface area contributed by atoms with Crippen molar-refractivity contribution in [2.45, 2.75) is 38.6 Å². The Labute approximate surface area is 128 Å². The molecular formula is C15H17ClN2OS. The highest BCUT2D eigenvalue weighted by atomic mass is 35.5. The lowest BCUT2D eigenvalue weighted by molar-refractivity contribution is -0.118. The van der Waals surface area contributed by atoms with Crippen molar-refractivity contribution in [2.75, 3.05) is 0 Å². The lowest BCUT2D eigenvalue weighted by Gasteiger charge is -2.29. The maximum atomic E-state index is 12.2. The third-order valence-electron chi connectivity index (χ3n) is 3.67. The number of rotatable bonds is 3. The number of nitrogens with one attached hydrogen (secondary N) is 1. The van der Waals surface area contributed by atoms with E-state index in [1.54, 1.807) is 18.2 Å². The molecule has 1 aliphatic carbocycles. The monoisotopic (exact) mass is 308 g/mol. The second-order valence-electron chi connectivity index (χ2n) is 5.15. The van der Waals surface area contributed by atoms with Gasteiger partial charge in [-0.1, -0.05) is 31.4 Å². The molecule has 0 saturated heterocycles. The maximum absolute atomic E-state index is 12.2. The Morgan fingerprint density at radius 3 is 2.85 bits per heavy atom. The summed E-state index contributed by atoms with van der Waals surface area (Å²) in [5, 5.41) is 12.1. The predicted octanol–water partition coefficient (Wildman–Crippen LogP) is 4.00.